The summed E-state index contributed by atoms with van der Waals surface area (Å²) >= 11 is 0. The monoisotopic (exact) mass is 473 g/mol. The van der Waals surface area contributed by atoms with Gasteiger partial charge in [0.2, 0.25) is 5.91 Å². The smallest absolute Gasteiger partial charge is 0.264 e. The number of nitrogens with zero attached hydrogens (tertiary/aromatic N) is 2. The van der Waals surface area contributed by atoms with Crippen LogP contribution < -0.4 is 4.72 Å². The number of aromatic nitrogens is 2. The second-order valence-electron chi connectivity index (χ2n) is 8.30. The molecule has 174 valence electrons. The first-order valence-electron chi connectivity index (χ1n) is 11.1. The summed E-state index contributed by atoms with van der Waals surface area (Å²) in [5.41, 5.74) is 5.32. The number of benzene rings is 3. The van der Waals surface area contributed by atoms with E-state index in [1.165, 1.54) is 11.6 Å². The number of amides is 1. The Balaban J connectivity index is 1.49. The van der Waals surface area contributed by atoms with Crippen molar-refractivity contribution in [3.8, 4) is 5.69 Å². The van der Waals surface area contributed by atoms with Crippen molar-refractivity contribution < 1.29 is 13.2 Å². The zero-order valence-electron chi connectivity index (χ0n) is 19.2. The van der Waals surface area contributed by atoms with Crippen molar-refractivity contribution in [3.05, 3.63) is 113 Å². The van der Waals surface area contributed by atoms with Crippen LogP contribution in [0.3, 0.4) is 0 Å². The fourth-order valence-corrected chi connectivity index (χ4v) is 4.92. The molecule has 1 N–H and O–H groups in total. The molecule has 3 aromatic carbocycles. The SMILES string of the molecule is Cc1cc(CC(=O)NS(=O)(=O)c2ccc(C)c(CCc3ccccc3)c2)n(-c2ccccc2)n1. The average Bonchev–Trinajstić information content (AvgIpc) is 3.19. The molecule has 1 amide bonds. The highest BCUT2D eigenvalue weighted by Crippen LogP contribution is 2.19. The minimum Gasteiger partial charge on any atom is -0.274 e. The standard InChI is InChI=1S/C27H27N3O3S/c1-20-13-16-26(18-23(20)15-14-22-9-5-3-6-10-22)34(32,33)29-27(31)19-25-17-21(2)28-30(25)24-11-7-4-8-12-24/h3-13,16-18H,14-15,19H2,1-2H3,(H,29,31). The average molecular weight is 474 g/mol. The van der Waals surface area contributed by atoms with Gasteiger partial charge in [-0.15, -0.1) is 0 Å². The quantitative estimate of drug-likeness (QED) is 0.413. The van der Waals surface area contributed by atoms with Gasteiger partial charge in [0.1, 0.15) is 0 Å². The largest absolute Gasteiger partial charge is 0.274 e. The molecule has 0 spiro atoms. The van der Waals surface area contributed by atoms with Gasteiger partial charge in [0, 0.05) is 0 Å². The second-order valence-corrected chi connectivity index (χ2v) is 9.99. The number of aryl methyl sites for hydroxylation is 4. The van der Waals surface area contributed by atoms with Crippen LogP contribution in [0.5, 0.6) is 0 Å². The van der Waals surface area contributed by atoms with Crippen LogP contribution in [0.1, 0.15) is 28.1 Å². The second kappa shape index (κ2) is 10.1. The molecule has 0 saturated heterocycles. The zero-order chi connectivity index (χ0) is 24.1. The first-order valence-corrected chi connectivity index (χ1v) is 12.6. The van der Waals surface area contributed by atoms with Gasteiger partial charge in [0.25, 0.3) is 10.0 Å². The lowest BCUT2D eigenvalue weighted by Crippen LogP contribution is -2.32. The van der Waals surface area contributed by atoms with E-state index in [9.17, 15) is 13.2 Å². The van der Waals surface area contributed by atoms with E-state index < -0.39 is 15.9 Å². The first kappa shape index (κ1) is 23.4. The number of carbonyl (C=O) groups excluding carboxylic acids is 1. The summed E-state index contributed by atoms with van der Waals surface area (Å²) in [5, 5.41) is 4.44. The van der Waals surface area contributed by atoms with Gasteiger partial charge in [-0.1, -0.05) is 54.6 Å². The van der Waals surface area contributed by atoms with Crippen molar-refractivity contribution in [1.29, 1.82) is 0 Å². The maximum atomic E-state index is 13.0. The summed E-state index contributed by atoms with van der Waals surface area (Å²) < 4.78 is 29.8. The summed E-state index contributed by atoms with van der Waals surface area (Å²) in [7, 11) is -4.00. The van der Waals surface area contributed by atoms with E-state index in [4.69, 9.17) is 0 Å². The van der Waals surface area contributed by atoms with E-state index in [-0.39, 0.29) is 11.3 Å². The highest BCUT2D eigenvalue weighted by atomic mass is 32.2. The Labute approximate surface area is 200 Å². The summed E-state index contributed by atoms with van der Waals surface area (Å²) in [4.78, 5) is 12.8. The Morgan fingerprint density at radius 2 is 1.56 bits per heavy atom. The van der Waals surface area contributed by atoms with Crippen LogP contribution in [-0.4, -0.2) is 24.1 Å². The van der Waals surface area contributed by atoms with E-state index in [2.05, 4.69) is 22.0 Å². The van der Waals surface area contributed by atoms with E-state index in [0.717, 1.165) is 28.9 Å². The van der Waals surface area contributed by atoms with Crippen molar-refractivity contribution in [3.63, 3.8) is 0 Å². The number of rotatable bonds is 8. The molecule has 34 heavy (non-hydrogen) atoms. The number of carbonyl (C=O) groups is 1. The Bertz CT molecular complexity index is 1400. The Hall–Kier alpha value is -3.71. The molecule has 0 aliphatic rings. The van der Waals surface area contributed by atoms with Gasteiger partial charge in [-0.05, 0) is 73.7 Å². The summed E-state index contributed by atoms with van der Waals surface area (Å²) in [5.74, 6) is -0.608. The predicted octanol–water partition coefficient (Wildman–Crippen LogP) is 4.32. The number of hydrogen-bond donors (Lipinski definition) is 1. The molecule has 1 heterocycles. The van der Waals surface area contributed by atoms with Crippen molar-refractivity contribution in [1.82, 2.24) is 14.5 Å². The minimum atomic E-state index is -4.00. The molecular weight excluding hydrogens is 446 g/mol. The van der Waals surface area contributed by atoms with Crippen LogP contribution in [-0.2, 0) is 34.1 Å². The summed E-state index contributed by atoms with van der Waals surface area (Å²) in [6.45, 7) is 3.79. The Morgan fingerprint density at radius 1 is 0.882 bits per heavy atom. The van der Waals surface area contributed by atoms with Gasteiger partial charge in [0.05, 0.1) is 28.4 Å². The fraction of sp³-hybridized carbons (Fsp3) is 0.185. The Morgan fingerprint density at radius 3 is 2.26 bits per heavy atom. The lowest BCUT2D eigenvalue weighted by Gasteiger charge is -2.12. The molecular formula is C27H27N3O3S. The lowest BCUT2D eigenvalue weighted by atomic mass is 10.0. The highest BCUT2D eigenvalue weighted by molar-refractivity contribution is 7.90. The topological polar surface area (TPSA) is 81.1 Å². The van der Waals surface area contributed by atoms with Gasteiger partial charge in [-0.2, -0.15) is 5.10 Å². The minimum absolute atomic E-state index is 0.0854. The summed E-state index contributed by atoms with van der Waals surface area (Å²) in [6.07, 6.45) is 1.41. The van der Waals surface area contributed by atoms with Gasteiger partial charge in [-0.25, -0.2) is 17.8 Å². The normalized spacial score (nSPS) is 11.4. The van der Waals surface area contributed by atoms with Crippen molar-refractivity contribution >= 4 is 15.9 Å². The fourth-order valence-electron chi connectivity index (χ4n) is 3.89. The first-order chi connectivity index (χ1) is 16.3. The molecule has 0 bridgehead atoms. The van der Waals surface area contributed by atoms with Gasteiger partial charge in [-0.3, -0.25) is 4.79 Å². The van der Waals surface area contributed by atoms with Gasteiger partial charge in [0.15, 0.2) is 0 Å². The van der Waals surface area contributed by atoms with Crippen LogP contribution in [0.25, 0.3) is 5.69 Å². The summed E-state index contributed by atoms with van der Waals surface area (Å²) in [6, 6.07) is 26.3. The molecule has 1 aromatic heterocycles. The third kappa shape index (κ3) is 5.61. The van der Waals surface area contributed by atoms with Crippen LogP contribution in [0, 0.1) is 13.8 Å². The van der Waals surface area contributed by atoms with E-state index in [0.29, 0.717) is 12.1 Å². The molecule has 7 heteroatoms. The molecule has 0 atom stereocenters. The lowest BCUT2D eigenvalue weighted by molar-refractivity contribution is -0.118. The number of nitrogens with one attached hydrogen (secondary N) is 1. The van der Waals surface area contributed by atoms with Crippen LogP contribution in [0.15, 0.2) is 89.8 Å². The molecule has 0 aliphatic carbocycles. The van der Waals surface area contributed by atoms with Crippen molar-refractivity contribution in [2.75, 3.05) is 0 Å². The third-order valence-corrected chi connectivity index (χ3v) is 7.02. The van der Waals surface area contributed by atoms with Gasteiger partial charge < -0.3 is 0 Å². The zero-order valence-corrected chi connectivity index (χ0v) is 20.0. The maximum Gasteiger partial charge on any atom is 0.264 e. The number of sulfonamides is 1. The molecule has 6 nitrogen and oxygen atoms in total. The van der Waals surface area contributed by atoms with Crippen LogP contribution >= 0.6 is 0 Å². The van der Waals surface area contributed by atoms with E-state index in [1.54, 1.807) is 22.9 Å². The van der Waals surface area contributed by atoms with Gasteiger partial charge >= 0.3 is 0 Å². The molecule has 0 radical (unpaired) electrons. The Kier molecular flexibility index (Phi) is 6.93. The number of hydrogen-bond acceptors (Lipinski definition) is 4. The molecule has 0 unspecified atom stereocenters. The third-order valence-electron chi connectivity index (χ3n) is 5.65. The predicted molar refractivity (Wildman–Crippen MR) is 132 cm³/mol. The van der Waals surface area contributed by atoms with E-state index >= 15 is 0 Å². The molecule has 4 rings (SSSR count). The highest BCUT2D eigenvalue weighted by Gasteiger charge is 2.20. The van der Waals surface area contributed by atoms with Crippen molar-refractivity contribution in [2.45, 2.75) is 38.0 Å². The van der Waals surface area contributed by atoms with Crippen molar-refractivity contribution in [2.24, 2.45) is 0 Å². The molecule has 4 aromatic rings. The molecule has 0 saturated carbocycles. The maximum absolute atomic E-state index is 13.0. The van der Waals surface area contributed by atoms with Crippen LogP contribution in [0.2, 0.25) is 0 Å². The van der Waals surface area contributed by atoms with Crippen LogP contribution in [0.4, 0.5) is 0 Å². The molecule has 0 fully saturated rings. The molecule has 0 aliphatic heterocycles. The van der Waals surface area contributed by atoms with E-state index in [1.807, 2.05) is 62.4 Å². The number of para-hydroxylation sites is 1.